The number of benzene rings is 2. The molecule has 4 nitrogen and oxygen atoms in total. The number of Topliss-reactive ketones (excluding diaryl/α,β-unsaturated/α-hetero) is 1. The predicted molar refractivity (Wildman–Crippen MR) is 85.0 cm³/mol. The number of hydrogen-bond acceptors (Lipinski definition) is 3. The lowest BCUT2D eigenvalue weighted by Gasteiger charge is -2.19. The number of carbonyl (C=O) groups is 2. The van der Waals surface area contributed by atoms with Crippen molar-refractivity contribution in [2.24, 2.45) is 0 Å². The number of ketones is 1. The van der Waals surface area contributed by atoms with E-state index in [-0.39, 0.29) is 17.1 Å². The van der Waals surface area contributed by atoms with Gasteiger partial charge in [-0.1, -0.05) is 35.3 Å². The van der Waals surface area contributed by atoms with Gasteiger partial charge in [0.2, 0.25) is 0 Å². The molecular weight excluding hydrogens is 325 g/mol. The molecule has 0 aromatic heterocycles. The molecule has 0 saturated heterocycles. The van der Waals surface area contributed by atoms with E-state index in [0.29, 0.717) is 16.5 Å². The van der Waals surface area contributed by atoms with Crippen LogP contribution in [0.3, 0.4) is 0 Å². The van der Waals surface area contributed by atoms with Crippen molar-refractivity contribution in [3.8, 4) is 5.75 Å². The molecule has 22 heavy (non-hydrogen) atoms. The number of ether oxygens (including phenoxy) is 1. The van der Waals surface area contributed by atoms with Gasteiger partial charge in [0.15, 0.2) is 0 Å². The van der Waals surface area contributed by atoms with Gasteiger partial charge in [-0.05, 0) is 29.8 Å². The first-order valence-corrected chi connectivity index (χ1v) is 7.25. The van der Waals surface area contributed by atoms with Crippen molar-refractivity contribution in [3.05, 3.63) is 57.6 Å². The molecule has 1 amide bonds. The molecule has 0 bridgehead atoms. The van der Waals surface area contributed by atoms with Crippen LogP contribution in [0, 0.1) is 0 Å². The van der Waals surface area contributed by atoms with Crippen molar-refractivity contribution in [2.45, 2.75) is 6.54 Å². The molecule has 1 aliphatic heterocycles. The lowest BCUT2D eigenvalue weighted by Crippen LogP contribution is -2.29. The maximum absolute atomic E-state index is 12.3. The Labute approximate surface area is 137 Å². The monoisotopic (exact) mass is 335 g/mol. The standard InChI is InChI=1S/C16H11Cl2NO3/c1-22-12-6-5-11(18)13-14(12)19(16(21)15(13)20)8-9-3-2-4-10(17)7-9/h2-7H,8H2,1H3. The Morgan fingerprint density at radius 3 is 2.59 bits per heavy atom. The SMILES string of the molecule is COc1ccc(Cl)c2c1N(Cc1cccc(Cl)c1)C(=O)C2=O. The summed E-state index contributed by atoms with van der Waals surface area (Å²) in [4.78, 5) is 25.9. The minimum absolute atomic E-state index is 0.188. The van der Waals surface area contributed by atoms with Crippen molar-refractivity contribution in [3.63, 3.8) is 0 Å². The van der Waals surface area contributed by atoms with Gasteiger partial charge in [0.25, 0.3) is 11.7 Å². The first-order chi connectivity index (χ1) is 10.5. The summed E-state index contributed by atoms with van der Waals surface area (Å²) in [6.07, 6.45) is 0. The largest absolute Gasteiger partial charge is 0.495 e. The zero-order valence-corrected chi connectivity index (χ0v) is 13.1. The highest BCUT2D eigenvalue weighted by Gasteiger charge is 2.40. The number of amides is 1. The molecule has 1 aliphatic rings. The van der Waals surface area contributed by atoms with Crippen LogP contribution in [0.4, 0.5) is 5.69 Å². The maximum Gasteiger partial charge on any atom is 0.299 e. The van der Waals surface area contributed by atoms with E-state index < -0.39 is 11.7 Å². The van der Waals surface area contributed by atoms with E-state index in [9.17, 15) is 9.59 Å². The van der Waals surface area contributed by atoms with Crippen LogP contribution >= 0.6 is 23.2 Å². The summed E-state index contributed by atoms with van der Waals surface area (Å²) in [5.41, 5.74) is 1.40. The summed E-state index contributed by atoms with van der Waals surface area (Å²) in [5, 5.41) is 0.802. The topological polar surface area (TPSA) is 46.6 Å². The third-order valence-electron chi connectivity index (χ3n) is 3.48. The highest BCUT2D eigenvalue weighted by molar-refractivity contribution is 6.55. The van der Waals surface area contributed by atoms with Gasteiger partial charge in [-0.2, -0.15) is 0 Å². The van der Waals surface area contributed by atoms with Crippen molar-refractivity contribution in [1.29, 1.82) is 0 Å². The number of carbonyl (C=O) groups excluding carboxylic acids is 2. The van der Waals surface area contributed by atoms with Gasteiger partial charge < -0.3 is 4.74 Å². The normalized spacial score (nSPS) is 13.5. The second-order valence-corrected chi connectivity index (χ2v) is 5.67. The van der Waals surface area contributed by atoms with Gasteiger partial charge in [0, 0.05) is 5.02 Å². The van der Waals surface area contributed by atoms with Gasteiger partial charge in [-0.25, -0.2) is 0 Å². The van der Waals surface area contributed by atoms with E-state index in [1.165, 1.54) is 12.0 Å². The minimum Gasteiger partial charge on any atom is -0.495 e. The first kappa shape index (κ1) is 14.9. The smallest absolute Gasteiger partial charge is 0.299 e. The number of methoxy groups -OCH3 is 1. The zero-order valence-electron chi connectivity index (χ0n) is 11.6. The van der Waals surface area contributed by atoms with Crippen LogP contribution in [0.25, 0.3) is 0 Å². The van der Waals surface area contributed by atoms with Gasteiger partial charge in [-0.3, -0.25) is 14.5 Å². The molecule has 2 aromatic rings. The summed E-state index contributed by atoms with van der Waals surface area (Å²) in [6, 6.07) is 10.3. The Morgan fingerprint density at radius 1 is 1.14 bits per heavy atom. The summed E-state index contributed by atoms with van der Waals surface area (Å²) in [7, 11) is 1.48. The molecule has 0 unspecified atom stereocenters. The summed E-state index contributed by atoms with van der Waals surface area (Å²) >= 11 is 12.0. The average molecular weight is 336 g/mol. The molecule has 1 heterocycles. The third-order valence-corrected chi connectivity index (χ3v) is 4.03. The number of anilines is 1. The Balaban J connectivity index is 2.10. The molecule has 0 N–H and O–H groups in total. The minimum atomic E-state index is -0.624. The van der Waals surface area contributed by atoms with Crippen molar-refractivity contribution in [1.82, 2.24) is 0 Å². The van der Waals surface area contributed by atoms with Gasteiger partial charge in [-0.15, -0.1) is 0 Å². The van der Waals surface area contributed by atoms with E-state index in [1.54, 1.807) is 30.3 Å². The van der Waals surface area contributed by atoms with Crippen molar-refractivity contribution < 1.29 is 14.3 Å². The van der Waals surface area contributed by atoms with Crippen LogP contribution in [0.5, 0.6) is 5.75 Å². The van der Waals surface area contributed by atoms with E-state index in [0.717, 1.165) is 5.56 Å². The highest BCUT2D eigenvalue weighted by Crippen LogP contribution is 2.42. The van der Waals surface area contributed by atoms with Gasteiger partial charge >= 0.3 is 0 Å². The van der Waals surface area contributed by atoms with E-state index in [1.807, 2.05) is 6.07 Å². The first-order valence-electron chi connectivity index (χ1n) is 6.50. The molecule has 0 fully saturated rings. The van der Waals surface area contributed by atoms with Crippen LogP contribution in [0.2, 0.25) is 10.0 Å². The van der Waals surface area contributed by atoms with Gasteiger partial charge in [0.1, 0.15) is 5.75 Å². The molecule has 6 heteroatoms. The Bertz CT molecular complexity index is 789. The zero-order chi connectivity index (χ0) is 15.9. The van der Waals surface area contributed by atoms with E-state index in [2.05, 4.69) is 0 Å². The van der Waals surface area contributed by atoms with Crippen LogP contribution in [-0.2, 0) is 11.3 Å². The molecule has 3 rings (SSSR count). The molecule has 0 aliphatic carbocycles. The highest BCUT2D eigenvalue weighted by atomic mass is 35.5. The molecule has 0 atom stereocenters. The van der Waals surface area contributed by atoms with E-state index in [4.69, 9.17) is 27.9 Å². The maximum atomic E-state index is 12.3. The van der Waals surface area contributed by atoms with E-state index >= 15 is 0 Å². The Kier molecular flexibility index (Phi) is 3.81. The average Bonchev–Trinajstić information content (AvgIpc) is 2.74. The fourth-order valence-electron chi connectivity index (χ4n) is 2.50. The number of nitrogens with zero attached hydrogens (tertiary/aromatic N) is 1. The summed E-state index contributed by atoms with van der Waals surface area (Å²) in [5.74, 6) is -0.817. The second-order valence-electron chi connectivity index (χ2n) is 4.82. The number of fused-ring (bicyclic) bond motifs is 1. The summed E-state index contributed by atoms with van der Waals surface area (Å²) < 4.78 is 5.27. The molecule has 2 aromatic carbocycles. The van der Waals surface area contributed by atoms with Crippen LogP contribution in [0.15, 0.2) is 36.4 Å². The van der Waals surface area contributed by atoms with Crippen LogP contribution in [0.1, 0.15) is 15.9 Å². The number of rotatable bonds is 3. The second kappa shape index (κ2) is 5.63. The Morgan fingerprint density at radius 2 is 1.91 bits per heavy atom. The molecule has 0 radical (unpaired) electrons. The molecule has 0 spiro atoms. The fraction of sp³-hybridized carbons (Fsp3) is 0.125. The number of hydrogen-bond donors (Lipinski definition) is 0. The Hall–Kier alpha value is -2.04. The molecule has 0 saturated carbocycles. The lowest BCUT2D eigenvalue weighted by molar-refractivity contribution is -0.114. The van der Waals surface area contributed by atoms with Crippen molar-refractivity contribution >= 4 is 40.6 Å². The molecule has 112 valence electrons. The predicted octanol–water partition coefficient (Wildman–Crippen LogP) is 3.73. The van der Waals surface area contributed by atoms with Crippen LogP contribution in [-0.4, -0.2) is 18.8 Å². The third kappa shape index (κ3) is 2.34. The quantitative estimate of drug-likeness (QED) is 0.803. The van der Waals surface area contributed by atoms with Crippen molar-refractivity contribution in [2.75, 3.05) is 12.0 Å². The summed E-state index contributed by atoms with van der Waals surface area (Å²) in [6.45, 7) is 0.217. The molecular formula is C16H11Cl2NO3. The number of halogens is 2. The van der Waals surface area contributed by atoms with Gasteiger partial charge in [0.05, 0.1) is 29.9 Å². The lowest BCUT2D eigenvalue weighted by atomic mass is 10.1. The van der Waals surface area contributed by atoms with Crippen LogP contribution < -0.4 is 9.64 Å². The fourth-order valence-corrected chi connectivity index (χ4v) is 2.95.